The van der Waals surface area contributed by atoms with Crippen LogP contribution in [0, 0.1) is 5.92 Å². The maximum absolute atomic E-state index is 5.79. The molecule has 2 rings (SSSR count). The standard InChI is InChI=1S/C12H16BrNO.ClH/c13-11-5-1-2-6-12(11)15-9-10-4-3-7-14-8-10;/h1-2,5-6,10,14H,3-4,7-9H2;1H. The molecule has 1 aliphatic rings. The van der Waals surface area contributed by atoms with Crippen LogP contribution in [0.5, 0.6) is 5.75 Å². The molecule has 1 aromatic carbocycles. The molecule has 2 nitrogen and oxygen atoms in total. The van der Waals surface area contributed by atoms with Gasteiger partial charge < -0.3 is 10.1 Å². The molecule has 1 aliphatic heterocycles. The maximum atomic E-state index is 5.79. The first kappa shape index (κ1) is 13.8. The molecule has 0 saturated carbocycles. The summed E-state index contributed by atoms with van der Waals surface area (Å²) in [6.45, 7) is 3.06. The molecular weight excluding hydrogens is 289 g/mol. The van der Waals surface area contributed by atoms with E-state index >= 15 is 0 Å². The van der Waals surface area contributed by atoms with Crippen molar-refractivity contribution in [3.8, 4) is 5.75 Å². The summed E-state index contributed by atoms with van der Waals surface area (Å²) in [6, 6.07) is 8.01. The van der Waals surface area contributed by atoms with Gasteiger partial charge in [-0.25, -0.2) is 0 Å². The Morgan fingerprint density at radius 1 is 1.38 bits per heavy atom. The molecule has 0 aromatic heterocycles. The van der Waals surface area contributed by atoms with Crippen molar-refractivity contribution in [3.63, 3.8) is 0 Å². The second kappa shape index (κ2) is 7.15. The smallest absolute Gasteiger partial charge is 0.133 e. The molecular formula is C12H17BrClNO. The second-order valence-electron chi connectivity index (χ2n) is 3.95. The van der Waals surface area contributed by atoms with Crippen LogP contribution in [0.3, 0.4) is 0 Å². The van der Waals surface area contributed by atoms with E-state index in [2.05, 4.69) is 21.2 Å². The van der Waals surface area contributed by atoms with Crippen LogP contribution in [0.25, 0.3) is 0 Å². The van der Waals surface area contributed by atoms with Gasteiger partial charge in [0.2, 0.25) is 0 Å². The molecule has 16 heavy (non-hydrogen) atoms. The van der Waals surface area contributed by atoms with Crippen molar-refractivity contribution in [1.29, 1.82) is 0 Å². The average Bonchev–Trinajstić information content (AvgIpc) is 2.29. The van der Waals surface area contributed by atoms with Crippen molar-refractivity contribution in [2.45, 2.75) is 12.8 Å². The van der Waals surface area contributed by atoms with E-state index in [4.69, 9.17) is 4.74 Å². The third-order valence-corrected chi connectivity index (χ3v) is 3.37. The molecule has 0 radical (unpaired) electrons. The van der Waals surface area contributed by atoms with Gasteiger partial charge in [0.1, 0.15) is 5.75 Å². The van der Waals surface area contributed by atoms with Crippen molar-refractivity contribution in [2.75, 3.05) is 19.7 Å². The van der Waals surface area contributed by atoms with Crippen LogP contribution in [0.2, 0.25) is 0 Å². The fraction of sp³-hybridized carbons (Fsp3) is 0.500. The Hall–Kier alpha value is -0.250. The topological polar surface area (TPSA) is 21.3 Å². The lowest BCUT2D eigenvalue weighted by atomic mass is 10.0. The molecule has 1 saturated heterocycles. The summed E-state index contributed by atoms with van der Waals surface area (Å²) in [7, 11) is 0. The zero-order valence-corrected chi connectivity index (χ0v) is 11.5. The number of rotatable bonds is 3. The number of halogens is 2. The van der Waals surface area contributed by atoms with Gasteiger partial charge in [0.25, 0.3) is 0 Å². The van der Waals surface area contributed by atoms with Gasteiger partial charge in [0.05, 0.1) is 11.1 Å². The predicted molar refractivity (Wildman–Crippen MR) is 72.5 cm³/mol. The normalized spacial score (nSPS) is 19.9. The van der Waals surface area contributed by atoms with E-state index in [1.165, 1.54) is 12.8 Å². The summed E-state index contributed by atoms with van der Waals surface area (Å²) in [6.07, 6.45) is 2.54. The van der Waals surface area contributed by atoms with Crippen molar-refractivity contribution in [3.05, 3.63) is 28.7 Å². The lowest BCUT2D eigenvalue weighted by Crippen LogP contribution is -2.33. The van der Waals surface area contributed by atoms with Crippen LogP contribution in [-0.2, 0) is 0 Å². The molecule has 1 fully saturated rings. The summed E-state index contributed by atoms with van der Waals surface area (Å²) in [4.78, 5) is 0. The van der Waals surface area contributed by atoms with Gasteiger partial charge in [-0.15, -0.1) is 12.4 Å². The van der Waals surface area contributed by atoms with E-state index in [9.17, 15) is 0 Å². The number of nitrogens with one attached hydrogen (secondary N) is 1. The summed E-state index contributed by atoms with van der Waals surface area (Å²) in [5.41, 5.74) is 0. The molecule has 1 heterocycles. The Morgan fingerprint density at radius 3 is 2.88 bits per heavy atom. The van der Waals surface area contributed by atoms with Gasteiger partial charge in [-0.1, -0.05) is 12.1 Å². The summed E-state index contributed by atoms with van der Waals surface area (Å²) < 4.78 is 6.83. The van der Waals surface area contributed by atoms with E-state index in [0.29, 0.717) is 5.92 Å². The molecule has 1 atom stereocenters. The molecule has 0 aliphatic carbocycles. The van der Waals surface area contributed by atoms with E-state index < -0.39 is 0 Å². The SMILES string of the molecule is Brc1ccccc1OCC1CCCNC1.Cl. The molecule has 0 spiro atoms. The lowest BCUT2D eigenvalue weighted by Gasteiger charge is -2.22. The van der Waals surface area contributed by atoms with Crippen LogP contribution >= 0.6 is 28.3 Å². The maximum Gasteiger partial charge on any atom is 0.133 e. The minimum Gasteiger partial charge on any atom is -0.492 e. The monoisotopic (exact) mass is 305 g/mol. The zero-order valence-electron chi connectivity index (χ0n) is 9.12. The lowest BCUT2D eigenvalue weighted by molar-refractivity contribution is 0.217. The predicted octanol–water partition coefficient (Wildman–Crippen LogP) is 3.25. The highest BCUT2D eigenvalue weighted by Gasteiger charge is 2.13. The molecule has 90 valence electrons. The summed E-state index contributed by atoms with van der Waals surface area (Å²) in [5, 5.41) is 3.39. The molecule has 0 bridgehead atoms. The number of hydrogen-bond acceptors (Lipinski definition) is 2. The number of hydrogen-bond donors (Lipinski definition) is 1. The highest BCUT2D eigenvalue weighted by Crippen LogP contribution is 2.24. The van der Waals surface area contributed by atoms with E-state index in [1.54, 1.807) is 0 Å². The fourth-order valence-electron chi connectivity index (χ4n) is 1.84. The van der Waals surface area contributed by atoms with E-state index in [0.717, 1.165) is 29.9 Å². The zero-order chi connectivity index (χ0) is 10.5. The van der Waals surface area contributed by atoms with E-state index in [1.807, 2.05) is 24.3 Å². The van der Waals surface area contributed by atoms with Gasteiger partial charge in [-0.3, -0.25) is 0 Å². The summed E-state index contributed by atoms with van der Waals surface area (Å²) in [5.74, 6) is 1.61. The van der Waals surface area contributed by atoms with Gasteiger partial charge >= 0.3 is 0 Å². The van der Waals surface area contributed by atoms with Crippen molar-refractivity contribution >= 4 is 28.3 Å². The average molecular weight is 307 g/mol. The first-order valence-corrected chi connectivity index (χ1v) is 6.23. The van der Waals surface area contributed by atoms with Crippen LogP contribution < -0.4 is 10.1 Å². The van der Waals surface area contributed by atoms with Crippen LogP contribution in [0.4, 0.5) is 0 Å². The fourth-order valence-corrected chi connectivity index (χ4v) is 2.23. The van der Waals surface area contributed by atoms with Crippen LogP contribution in [0.1, 0.15) is 12.8 Å². The van der Waals surface area contributed by atoms with Gasteiger partial charge in [0, 0.05) is 12.5 Å². The molecule has 1 N–H and O–H groups in total. The highest BCUT2D eigenvalue weighted by atomic mass is 79.9. The number of piperidine rings is 1. The first-order valence-electron chi connectivity index (χ1n) is 5.44. The Kier molecular flexibility index (Phi) is 6.17. The highest BCUT2D eigenvalue weighted by molar-refractivity contribution is 9.10. The van der Waals surface area contributed by atoms with Gasteiger partial charge in [0.15, 0.2) is 0 Å². The first-order chi connectivity index (χ1) is 7.36. The van der Waals surface area contributed by atoms with Crippen LogP contribution in [-0.4, -0.2) is 19.7 Å². The minimum atomic E-state index is 0. The van der Waals surface area contributed by atoms with Crippen molar-refractivity contribution in [2.24, 2.45) is 5.92 Å². The third-order valence-electron chi connectivity index (χ3n) is 2.71. The Balaban J connectivity index is 0.00000128. The largest absolute Gasteiger partial charge is 0.492 e. The molecule has 1 unspecified atom stereocenters. The number of benzene rings is 1. The summed E-state index contributed by atoms with van der Waals surface area (Å²) >= 11 is 3.48. The Labute approximate surface area is 111 Å². The van der Waals surface area contributed by atoms with Crippen LogP contribution in [0.15, 0.2) is 28.7 Å². The number of para-hydroxylation sites is 1. The molecule has 1 aromatic rings. The van der Waals surface area contributed by atoms with Crippen molar-refractivity contribution in [1.82, 2.24) is 5.32 Å². The molecule has 0 amide bonds. The Morgan fingerprint density at radius 2 is 2.19 bits per heavy atom. The second-order valence-corrected chi connectivity index (χ2v) is 4.81. The molecule has 4 heteroatoms. The quantitative estimate of drug-likeness (QED) is 0.925. The third kappa shape index (κ3) is 3.96. The van der Waals surface area contributed by atoms with Crippen molar-refractivity contribution < 1.29 is 4.74 Å². The minimum absolute atomic E-state index is 0. The number of ether oxygens (including phenoxy) is 1. The van der Waals surface area contributed by atoms with E-state index in [-0.39, 0.29) is 12.4 Å². The Bertz CT molecular complexity index is 316. The van der Waals surface area contributed by atoms with Gasteiger partial charge in [-0.05, 0) is 47.4 Å². The van der Waals surface area contributed by atoms with Gasteiger partial charge in [-0.2, -0.15) is 0 Å².